The molecule has 2 nitrogen and oxygen atoms in total. The van der Waals surface area contributed by atoms with E-state index in [0.29, 0.717) is 12.6 Å². The van der Waals surface area contributed by atoms with Crippen LogP contribution >= 0.6 is 0 Å². The van der Waals surface area contributed by atoms with Crippen LogP contribution in [0.25, 0.3) is 0 Å². The maximum absolute atomic E-state index is 12.6. The molecule has 0 heterocycles. The van der Waals surface area contributed by atoms with Crippen LogP contribution in [0.4, 0.5) is 8.78 Å². The van der Waals surface area contributed by atoms with Crippen LogP contribution in [0.3, 0.4) is 0 Å². The third kappa shape index (κ3) is 2.46. The summed E-state index contributed by atoms with van der Waals surface area (Å²) in [6.07, 6.45) is -1.58. The van der Waals surface area contributed by atoms with Gasteiger partial charge in [-0.05, 0) is 11.6 Å². The van der Waals surface area contributed by atoms with Gasteiger partial charge in [0.1, 0.15) is 12.6 Å². The number of halogens is 2. The molecule has 0 aliphatic carbocycles. The number of carbonyl (C=O) groups is 2. The van der Waals surface area contributed by atoms with E-state index in [9.17, 15) is 18.4 Å². The summed E-state index contributed by atoms with van der Waals surface area (Å²) < 4.78 is 25.2. The van der Waals surface area contributed by atoms with E-state index in [1.165, 1.54) is 19.1 Å². The molecule has 0 aliphatic heterocycles. The molecule has 0 fully saturated rings. The molecule has 1 aromatic rings. The molecule has 0 radical (unpaired) electrons. The first-order valence-corrected chi connectivity index (χ1v) is 4.42. The Kier molecular flexibility index (Phi) is 3.66. The third-order valence-corrected chi connectivity index (χ3v) is 2.18. The Labute approximate surface area is 85.9 Å². The summed E-state index contributed by atoms with van der Waals surface area (Å²) in [5, 5.41) is 0. The molecule has 0 saturated heterocycles. The number of hydrogen-bond acceptors (Lipinski definition) is 2. The van der Waals surface area contributed by atoms with Gasteiger partial charge in [0.15, 0.2) is 0 Å². The van der Waals surface area contributed by atoms with Crippen LogP contribution in [-0.2, 0) is 4.79 Å². The second kappa shape index (κ2) is 4.77. The Balaban J connectivity index is 3.26. The second-order valence-electron chi connectivity index (χ2n) is 3.23. The highest BCUT2D eigenvalue weighted by Gasteiger charge is 2.17. The van der Waals surface area contributed by atoms with Gasteiger partial charge in [-0.25, -0.2) is 8.78 Å². The van der Waals surface area contributed by atoms with Gasteiger partial charge in [0.05, 0.1) is 0 Å². The van der Waals surface area contributed by atoms with Crippen LogP contribution in [0, 0.1) is 0 Å². The van der Waals surface area contributed by atoms with Crippen molar-refractivity contribution < 1.29 is 18.4 Å². The lowest BCUT2D eigenvalue weighted by molar-refractivity contribution is -0.108. The van der Waals surface area contributed by atoms with Crippen molar-refractivity contribution >= 4 is 12.6 Å². The molecule has 1 aromatic carbocycles. The van der Waals surface area contributed by atoms with Gasteiger partial charge in [-0.3, -0.25) is 4.79 Å². The molecule has 0 saturated carbocycles. The van der Waals surface area contributed by atoms with Crippen molar-refractivity contribution in [1.82, 2.24) is 0 Å². The molecule has 1 atom stereocenters. The molecule has 0 amide bonds. The van der Waals surface area contributed by atoms with E-state index in [0.717, 1.165) is 6.07 Å². The zero-order valence-corrected chi connectivity index (χ0v) is 8.11. The highest BCUT2D eigenvalue weighted by molar-refractivity contribution is 5.76. The summed E-state index contributed by atoms with van der Waals surface area (Å²) in [6, 6.07) is 3.94. The fourth-order valence-electron chi connectivity index (χ4n) is 1.34. The summed E-state index contributed by atoms with van der Waals surface area (Å²) in [7, 11) is 0. The molecule has 0 bridgehead atoms. The van der Waals surface area contributed by atoms with Gasteiger partial charge < -0.3 is 4.79 Å². The van der Waals surface area contributed by atoms with Crippen molar-refractivity contribution in [2.75, 3.05) is 0 Å². The van der Waals surface area contributed by atoms with Gasteiger partial charge in [-0.15, -0.1) is 0 Å². The Bertz CT molecular complexity index is 375. The van der Waals surface area contributed by atoms with Crippen LogP contribution in [0.15, 0.2) is 18.2 Å². The summed E-state index contributed by atoms with van der Waals surface area (Å²) in [5.74, 6) is -0.588. The molecule has 0 N–H and O–H groups in total. The molecule has 80 valence electrons. The normalized spacial score (nSPS) is 12.5. The lowest BCUT2D eigenvalue weighted by Crippen LogP contribution is -2.02. The molecule has 0 aliphatic rings. The van der Waals surface area contributed by atoms with Crippen LogP contribution in [-0.4, -0.2) is 12.6 Å². The average molecular weight is 212 g/mol. The lowest BCUT2D eigenvalue weighted by Gasteiger charge is -2.11. The second-order valence-corrected chi connectivity index (χ2v) is 3.23. The Morgan fingerprint density at radius 2 is 1.87 bits per heavy atom. The predicted octanol–water partition coefficient (Wildman–Crippen LogP) is 2.74. The van der Waals surface area contributed by atoms with Gasteiger partial charge in [-0.2, -0.15) is 0 Å². The number of hydrogen-bond donors (Lipinski definition) is 0. The minimum absolute atomic E-state index is 0.187. The molecule has 1 rings (SSSR count). The van der Waals surface area contributed by atoms with Gasteiger partial charge in [0.25, 0.3) is 6.43 Å². The number of aldehydes is 2. The van der Waals surface area contributed by atoms with E-state index in [1.54, 1.807) is 0 Å². The molecule has 15 heavy (non-hydrogen) atoms. The first-order chi connectivity index (χ1) is 7.10. The minimum atomic E-state index is -2.68. The van der Waals surface area contributed by atoms with E-state index >= 15 is 0 Å². The zero-order valence-electron chi connectivity index (χ0n) is 8.11. The van der Waals surface area contributed by atoms with E-state index < -0.39 is 12.3 Å². The minimum Gasteiger partial charge on any atom is -0.303 e. The van der Waals surface area contributed by atoms with E-state index in [4.69, 9.17) is 0 Å². The molecule has 0 aromatic heterocycles. The Morgan fingerprint density at radius 3 is 2.33 bits per heavy atom. The smallest absolute Gasteiger partial charge is 0.264 e. The van der Waals surface area contributed by atoms with Gasteiger partial charge >= 0.3 is 0 Å². The van der Waals surface area contributed by atoms with Crippen LogP contribution < -0.4 is 0 Å². The predicted molar refractivity (Wildman–Crippen MR) is 51.3 cm³/mol. The quantitative estimate of drug-likeness (QED) is 0.719. The maximum atomic E-state index is 12.6. The molecule has 4 heteroatoms. The monoisotopic (exact) mass is 212 g/mol. The zero-order chi connectivity index (χ0) is 11.4. The van der Waals surface area contributed by atoms with Gasteiger partial charge in [0.2, 0.25) is 0 Å². The summed E-state index contributed by atoms with van der Waals surface area (Å²) in [4.78, 5) is 20.9. The van der Waals surface area contributed by atoms with Crippen molar-refractivity contribution in [1.29, 1.82) is 0 Å². The largest absolute Gasteiger partial charge is 0.303 e. The Hall–Kier alpha value is -1.58. The summed E-state index contributed by atoms with van der Waals surface area (Å²) in [6.45, 7) is 1.54. The molecular formula is C11H10F2O2. The summed E-state index contributed by atoms with van der Waals surface area (Å²) in [5.41, 5.74) is 0.206. The number of carbonyl (C=O) groups excluding carboxylic acids is 2. The van der Waals surface area contributed by atoms with E-state index in [-0.39, 0.29) is 16.7 Å². The average Bonchev–Trinajstić information content (AvgIpc) is 2.27. The maximum Gasteiger partial charge on any atom is 0.264 e. The number of rotatable bonds is 4. The van der Waals surface area contributed by atoms with Crippen LogP contribution in [0.5, 0.6) is 0 Å². The van der Waals surface area contributed by atoms with Crippen molar-refractivity contribution in [2.45, 2.75) is 19.3 Å². The highest BCUT2D eigenvalue weighted by Crippen LogP contribution is 2.28. The van der Waals surface area contributed by atoms with Crippen molar-refractivity contribution in [3.8, 4) is 0 Å². The highest BCUT2D eigenvalue weighted by atomic mass is 19.3. The SMILES string of the molecule is CC(C=O)c1ccc(C=O)cc1C(F)F. The van der Waals surface area contributed by atoms with Crippen molar-refractivity contribution in [3.05, 3.63) is 34.9 Å². The van der Waals surface area contributed by atoms with Crippen molar-refractivity contribution in [2.24, 2.45) is 0 Å². The molecule has 1 unspecified atom stereocenters. The number of alkyl halides is 2. The van der Waals surface area contributed by atoms with Gasteiger partial charge in [0, 0.05) is 17.0 Å². The Morgan fingerprint density at radius 1 is 1.20 bits per heavy atom. The fraction of sp³-hybridized carbons (Fsp3) is 0.273. The topological polar surface area (TPSA) is 34.1 Å². The van der Waals surface area contributed by atoms with Crippen LogP contribution in [0.2, 0.25) is 0 Å². The van der Waals surface area contributed by atoms with Crippen LogP contribution in [0.1, 0.15) is 40.8 Å². The van der Waals surface area contributed by atoms with E-state index in [2.05, 4.69) is 0 Å². The third-order valence-electron chi connectivity index (χ3n) is 2.18. The first-order valence-electron chi connectivity index (χ1n) is 4.42. The first kappa shape index (κ1) is 11.5. The molecule has 0 spiro atoms. The standard InChI is InChI=1S/C11H10F2O2/c1-7(5-14)9-3-2-8(6-15)4-10(9)11(12)13/h2-7,11H,1H3. The summed E-state index contributed by atoms with van der Waals surface area (Å²) >= 11 is 0. The fourth-order valence-corrected chi connectivity index (χ4v) is 1.34. The number of benzene rings is 1. The van der Waals surface area contributed by atoms with E-state index in [1.807, 2.05) is 0 Å². The lowest BCUT2D eigenvalue weighted by atomic mass is 9.95. The van der Waals surface area contributed by atoms with Crippen molar-refractivity contribution in [3.63, 3.8) is 0 Å². The molecular weight excluding hydrogens is 202 g/mol. The van der Waals surface area contributed by atoms with Gasteiger partial charge in [-0.1, -0.05) is 19.1 Å².